The second-order valence-electron chi connectivity index (χ2n) is 4.56. The van der Waals surface area contributed by atoms with Gasteiger partial charge in [-0.05, 0) is 19.9 Å². The Morgan fingerprint density at radius 1 is 1.60 bits per heavy atom. The van der Waals surface area contributed by atoms with Crippen LogP contribution in [0.25, 0.3) is 0 Å². The number of thioether (sulfide) groups is 1. The van der Waals surface area contributed by atoms with Crippen LogP contribution in [0.2, 0.25) is 0 Å². The van der Waals surface area contributed by atoms with Gasteiger partial charge in [0.2, 0.25) is 5.91 Å². The highest BCUT2D eigenvalue weighted by molar-refractivity contribution is 8.00. The molecule has 1 N–H and O–H groups in total. The monoisotopic (exact) mass is 228 g/mol. The third-order valence-electron chi connectivity index (χ3n) is 3.36. The molecule has 0 saturated carbocycles. The first kappa shape index (κ1) is 11.3. The van der Waals surface area contributed by atoms with Gasteiger partial charge in [0.1, 0.15) is 10.9 Å². The van der Waals surface area contributed by atoms with Crippen molar-refractivity contribution < 1.29 is 4.79 Å². The van der Waals surface area contributed by atoms with Gasteiger partial charge in [0.05, 0.1) is 0 Å². The van der Waals surface area contributed by atoms with Gasteiger partial charge in [-0.2, -0.15) is 0 Å². The van der Waals surface area contributed by atoms with Crippen LogP contribution >= 0.6 is 11.8 Å². The smallest absolute Gasteiger partial charge is 0.246 e. The zero-order valence-electron chi connectivity index (χ0n) is 9.58. The maximum absolute atomic E-state index is 11.9. The number of carbonyl (C=O) groups is 1. The number of hydrogen-bond donors (Lipinski definition) is 1. The van der Waals surface area contributed by atoms with E-state index in [-0.39, 0.29) is 5.54 Å². The van der Waals surface area contributed by atoms with E-state index in [2.05, 4.69) is 19.2 Å². The average Bonchev–Trinajstić information content (AvgIpc) is 2.70. The molecule has 2 rings (SSSR count). The normalized spacial score (nSPS) is 34.1. The summed E-state index contributed by atoms with van der Waals surface area (Å²) in [6, 6.07) is 0. The number of β-lactam (4-membered cyclic amide) rings is 1. The number of amides is 1. The van der Waals surface area contributed by atoms with Crippen LogP contribution in [-0.4, -0.2) is 40.6 Å². The van der Waals surface area contributed by atoms with E-state index in [1.54, 1.807) is 0 Å². The van der Waals surface area contributed by atoms with Crippen LogP contribution < -0.4 is 5.32 Å². The summed E-state index contributed by atoms with van der Waals surface area (Å²) in [6.45, 7) is 6.17. The highest BCUT2D eigenvalue weighted by atomic mass is 32.2. The van der Waals surface area contributed by atoms with Crippen LogP contribution in [0.4, 0.5) is 0 Å². The van der Waals surface area contributed by atoms with Gasteiger partial charge >= 0.3 is 0 Å². The van der Waals surface area contributed by atoms with Crippen molar-refractivity contribution in [1.82, 2.24) is 10.2 Å². The summed E-state index contributed by atoms with van der Waals surface area (Å²) in [7, 11) is 0. The lowest BCUT2D eigenvalue weighted by molar-refractivity contribution is -0.153. The minimum Gasteiger partial charge on any atom is -0.326 e. The predicted octanol–water partition coefficient (Wildman–Crippen LogP) is 1.44. The molecular formula is C11H20N2OS. The standard InChI is InChI=1S/C11H20N2OS/c1-3-4-5-6-12-11(2)9(14)13-7-8-15-10(11)13/h10,12H,3-8H2,1-2H3/t10-,11+/m0/s1. The second-order valence-corrected chi connectivity index (χ2v) is 5.75. The van der Waals surface area contributed by atoms with Crippen LogP contribution in [0.3, 0.4) is 0 Å². The van der Waals surface area contributed by atoms with Gasteiger partial charge in [-0.3, -0.25) is 4.79 Å². The molecule has 2 fully saturated rings. The fourth-order valence-corrected chi connectivity index (χ4v) is 3.80. The van der Waals surface area contributed by atoms with Crippen molar-refractivity contribution >= 4 is 17.7 Å². The van der Waals surface area contributed by atoms with E-state index in [1.807, 2.05) is 16.7 Å². The summed E-state index contributed by atoms with van der Waals surface area (Å²) >= 11 is 1.91. The summed E-state index contributed by atoms with van der Waals surface area (Å²) in [5.74, 6) is 1.40. The average molecular weight is 228 g/mol. The van der Waals surface area contributed by atoms with Crippen LogP contribution in [0.15, 0.2) is 0 Å². The minimum atomic E-state index is -0.269. The number of nitrogens with one attached hydrogen (secondary N) is 1. The predicted molar refractivity (Wildman–Crippen MR) is 63.9 cm³/mol. The molecule has 1 amide bonds. The summed E-state index contributed by atoms with van der Waals surface area (Å²) < 4.78 is 0. The van der Waals surface area contributed by atoms with E-state index in [0.29, 0.717) is 11.3 Å². The third kappa shape index (κ3) is 1.78. The lowest BCUT2D eigenvalue weighted by atomic mass is 9.90. The molecule has 86 valence electrons. The molecule has 0 spiro atoms. The molecule has 2 aliphatic heterocycles. The Kier molecular flexibility index (Phi) is 3.26. The second kappa shape index (κ2) is 4.34. The van der Waals surface area contributed by atoms with Crippen molar-refractivity contribution in [2.24, 2.45) is 0 Å². The molecule has 2 atom stereocenters. The summed E-state index contributed by atoms with van der Waals surface area (Å²) in [4.78, 5) is 13.9. The van der Waals surface area contributed by atoms with Crippen molar-refractivity contribution in [3.8, 4) is 0 Å². The van der Waals surface area contributed by atoms with E-state index in [4.69, 9.17) is 0 Å². The number of unbranched alkanes of at least 4 members (excludes halogenated alkanes) is 2. The maximum Gasteiger partial charge on any atom is 0.246 e. The van der Waals surface area contributed by atoms with Crippen molar-refractivity contribution in [1.29, 1.82) is 0 Å². The van der Waals surface area contributed by atoms with Crippen molar-refractivity contribution in [2.45, 2.75) is 44.0 Å². The summed E-state index contributed by atoms with van der Waals surface area (Å²) in [5, 5.41) is 3.83. The molecule has 0 aromatic heterocycles. The molecule has 2 heterocycles. The maximum atomic E-state index is 11.9. The Balaban J connectivity index is 1.82. The third-order valence-corrected chi connectivity index (χ3v) is 4.82. The highest BCUT2D eigenvalue weighted by Crippen LogP contribution is 2.42. The zero-order valence-corrected chi connectivity index (χ0v) is 10.4. The van der Waals surface area contributed by atoms with Crippen molar-refractivity contribution in [3.05, 3.63) is 0 Å². The highest BCUT2D eigenvalue weighted by Gasteiger charge is 2.59. The molecule has 0 aromatic rings. The van der Waals surface area contributed by atoms with Gasteiger partial charge in [0.25, 0.3) is 0 Å². The molecule has 0 bridgehead atoms. The van der Waals surface area contributed by atoms with Crippen LogP contribution in [0.1, 0.15) is 33.1 Å². The molecule has 2 saturated heterocycles. The molecule has 4 heteroatoms. The van der Waals surface area contributed by atoms with Crippen molar-refractivity contribution in [3.63, 3.8) is 0 Å². The molecule has 0 aromatic carbocycles. The summed E-state index contributed by atoms with van der Waals surface area (Å²) in [6.07, 6.45) is 3.66. The van der Waals surface area contributed by atoms with E-state index in [0.717, 1.165) is 18.8 Å². The summed E-state index contributed by atoms with van der Waals surface area (Å²) in [5.41, 5.74) is -0.269. The van der Waals surface area contributed by atoms with E-state index in [9.17, 15) is 4.79 Å². The molecule has 0 radical (unpaired) electrons. The molecule has 15 heavy (non-hydrogen) atoms. The van der Waals surface area contributed by atoms with Gasteiger partial charge < -0.3 is 10.2 Å². The number of carbonyl (C=O) groups excluding carboxylic acids is 1. The van der Waals surface area contributed by atoms with Gasteiger partial charge in [-0.1, -0.05) is 19.8 Å². The fraction of sp³-hybridized carbons (Fsp3) is 0.909. The number of rotatable bonds is 5. The Morgan fingerprint density at radius 2 is 2.40 bits per heavy atom. The van der Waals surface area contributed by atoms with Gasteiger partial charge in [0, 0.05) is 12.3 Å². The van der Waals surface area contributed by atoms with Crippen molar-refractivity contribution in [2.75, 3.05) is 18.8 Å². The lowest BCUT2D eigenvalue weighted by Gasteiger charge is -2.50. The first-order chi connectivity index (χ1) is 7.20. The minimum absolute atomic E-state index is 0.269. The number of nitrogens with zero attached hydrogens (tertiary/aromatic N) is 1. The zero-order chi connectivity index (χ0) is 10.9. The molecule has 0 aliphatic carbocycles. The molecular weight excluding hydrogens is 208 g/mol. The number of fused-ring (bicyclic) bond motifs is 1. The van der Waals surface area contributed by atoms with Crippen LogP contribution in [0.5, 0.6) is 0 Å². The first-order valence-corrected chi connectivity index (χ1v) is 6.92. The van der Waals surface area contributed by atoms with Gasteiger partial charge in [-0.25, -0.2) is 0 Å². The van der Waals surface area contributed by atoms with E-state index < -0.39 is 0 Å². The van der Waals surface area contributed by atoms with E-state index >= 15 is 0 Å². The Morgan fingerprint density at radius 3 is 3.13 bits per heavy atom. The SMILES string of the molecule is CCCCCN[C@]1(C)C(=O)N2CCS[C@H]21. The molecule has 2 aliphatic rings. The lowest BCUT2D eigenvalue weighted by Crippen LogP contribution is -2.75. The molecule has 0 unspecified atom stereocenters. The molecule has 3 nitrogen and oxygen atoms in total. The van der Waals surface area contributed by atoms with Gasteiger partial charge in [-0.15, -0.1) is 11.8 Å². The fourth-order valence-electron chi connectivity index (χ4n) is 2.38. The quantitative estimate of drug-likeness (QED) is 0.571. The van der Waals surface area contributed by atoms with Crippen LogP contribution in [-0.2, 0) is 4.79 Å². The Bertz CT molecular complexity index is 259. The first-order valence-electron chi connectivity index (χ1n) is 5.88. The van der Waals surface area contributed by atoms with Gasteiger partial charge in [0.15, 0.2) is 0 Å². The Labute approximate surface area is 96.0 Å². The topological polar surface area (TPSA) is 32.3 Å². The van der Waals surface area contributed by atoms with E-state index in [1.165, 1.54) is 19.3 Å². The largest absolute Gasteiger partial charge is 0.326 e. The Hall–Kier alpha value is -0.220. The number of hydrogen-bond acceptors (Lipinski definition) is 3. The van der Waals surface area contributed by atoms with Crippen LogP contribution in [0, 0.1) is 0 Å².